The number of para-hydroxylation sites is 2. The molecule has 0 amide bonds. The van der Waals surface area contributed by atoms with Gasteiger partial charge in [0.25, 0.3) is 0 Å². The Balaban J connectivity index is 1.52. The van der Waals surface area contributed by atoms with Crippen molar-refractivity contribution in [3.63, 3.8) is 0 Å². The molecule has 3 N–H and O–H groups in total. The van der Waals surface area contributed by atoms with Crippen LogP contribution >= 0.6 is 0 Å². The lowest BCUT2D eigenvalue weighted by Gasteiger charge is -2.35. The van der Waals surface area contributed by atoms with Gasteiger partial charge in [-0.05, 0) is 59.7 Å². The predicted molar refractivity (Wildman–Crippen MR) is 129 cm³/mol. The molecule has 2 heterocycles. The van der Waals surface area contributed by atoms with Gasteiger partial charge < -0.3 is 15.5 Å². The summed E-state index contributed by atoms with van der Waals surface area (Å²) in [6, 6.07) is 18.8. The SMILES string of the molecule is NCc1ccc(CN(Cc2nc3ccccc3[nH]2)C2CCCc3cccnc32)c(CC=O)c1. The molecule has 5 rings (SSSR count). The number of nitrogens with one attached hydrogen (secondary N) is 1. The van der Waals surface area contributed by atoms with Crippen molar-refractivity contribution >= 4 is 17.3 Å². The van der Waals surface area contributed by atoms with Crippen molar-refractivity contribution in [1.29, 1.82) is 0 Å². The van der Waals surface area contributed by atoms with Gasteiger partial charge in [0.15, 0.2) is 0 Å². The third-order valence-corrected chi connectivity index (χ3v) is 6.58. The number of carbonyl (C=O) groups excluding carboxylic acids is 1. The highest BCUT2D eigenvalue weighted by Crippen LogP contribution is 2.35. The second-order valence-corrected chi connectivity index (χ2v) is 8.74. The molecule has 0 fully saturated rings. The van der Waals surface area contributed by atoms with Crippen molar-refractivity contribution in [1.82, 2.24) is 19.9 Å². The number of nitrogens with zero attached hydrogens (tertiary/aromatic N) is 3. The smallest absolute Gasteiger partial charge is 0.124 e. The van der Waals surface area contributed by atoms with Gasteiger partial charge >= 0.3 is 0 Å². The molecule has 6 heteroatoms. The fourth-order valence-corrected chi connectivity index (χ4v) is 4.95. The molecule has 1 aliphatic rings. The van der Waals surface area contributed by atoms with E-state index in [0.717, 1.165) is 64.8 Å². The predicted octanol–water partition coefficient (Wildman–Crippen LogP) is 4.24. The van der Waals surface area contributed by atoms with Crippen LogP contribution in [0.4, 0.5) is 0 Å². The molecule has 0 bridgehead atoms. The maximum absolute atomic E-state index is 11.4. The van der Waals surface area contributed by atoms with Crippen molar-refractivity contribution in [3.8, 4) is 0 Å². The van der Waals surface area contributed by atoms with Crippen LogP contribution in [0.2, 0.25) is 0 Å². The lowest BCUT2D eigenvalue weighted by Crippen LogP contribution is -2.32. The van der Waals surface area contributed by atoms with Gasteiger partial charge in [-0.3, -0.25) is 9.88 Å². The summed E-state index contributed by atoms with van der Waals surface area (Å²) in [5.41, 5.74) is 13.6. The third-order valence-electron chi connectivity index (χ3n) is 6.58. The van der Waals surface area contributed by atoms with Crippen molar-refractivity contribution < 1.29 is 4.79 Å². The molecule has 2 aromatic carbocycles. The van der Waals surface area contributed by atoms with Crippen LogP contribution in [0.3, 0.4) is 0 Å². The van der Waals surface area contributed by atoms with E-state index >= 15 is 0 Å². The van der Waals surface area contributed by atoms with E-state index in [1.54, 1.807) is 0 Å². The Kier molecular flexibility index (Phi) is 6.28. The van der Waals surface area contributed by atoms with Crippen LogP contribution < -0.4 is 5.73 Å². The Hall–Kier alpha value is -3.35. The fraction of sp³-hybridized carbons (Fsp3) is 0.296. The Bertz CT molecular complexity index is 1230. The molecule has 4 aromatic rings. The number of benzene rings is 2. The molecule has 0 aliphatic heterocycles. The van der Waals surface area contributed by atoms with Gasteiger partial charge in [-0.1, -0.05) is 36.4 Å². The number of H-pyrrole nitrogens is 1. The quantitative estimate of drug-likeness (QED) is 0.401. The van der Waals surface area contributed by atoms with Crippen LogP contribution in [0.15, 0.2) is 60.8 Å². The minimum Gasteiger partial charge on any atom is -0.341 e. The monoisotopic (exact) mass is 439 g/mol. The normalized spacial score (nSPS) is 15.6. The second-order valence-electron chi connectivity index (χ2n) is 8.74. The molecule has 1 atom stereocenters. The topological polar surface area (TPSA) is 87.9 Å². The standard InChI is InChI=1S/C27H29N5O/c28-16-19-10-11-22(21(15-19)12-14-33)17-32(18-26-30-23-7-1-2-8-24(23)31-26)25-9-3-5-20-6-4-13-29-27(20)25/h1-2,4,6-8,10-11,13-15,25H,3,5,9,12,16-18,28H2,(H,30,31). The molecular formula is C27H29N5O. The van der Waals surface area contributed by atoms with Crippen LogP contribution in [-0.2, 0) is 37.3 Å². The minimum atomic E-state index is 0.196. The van der Waals surface area contributed by atoms with Crippen LogP contribution in [-0.4, -0.2) is 26.1 Å². The highest BCUT2D eigenvalue weighted by atomic mass is 16.1. The summed E-state index contributed by atoms with van der Waals surface area (Å²) in [4.78, 5) is 27.0. The lowest BCUT2D eigenvalue weighted by molar-refractivity contribution is -0.107. The van der Waals surface area contributed by atoms with Crippen molar-refractivity contribution in [2.75, 3.05) is 0 Å². The first kappa shape index (κ1) is 21.5. The van der Waals surface area contributed by atoms with E-state index in [-0.39, 0.29) is 6.04 Å². The van der Waals surface area contributed by atoms with Gasteiger partial charge in [-0.2, -0.15) is 0 Å². The largest absolute Gasteiger partial charge is 0.341 e. The zero-order valence-corrected chi connectivity index (χ0v) is 18.7. The first-order chi connectivity index (χ1) is 16.2. The van der Waals surface area contributed by atoms with E-state index in [2.05, 4.69) is 40.2 Å². The van der Waals surface area contributed by atoms with Crippen molar-refractivity contribution in [2.24, 2.45) is 5.73 Å². The van der Waals surface area contributed by atoms with Crippen LogP contribution in [0.5, 0.6) is 0 Å². The molecule has 33 heavy (non-hydrogen) atoms. The van der Waals surface area contributed by atoms with E-state index in [9.17, 15) is 4.79 Å². The summed E-state index contributed by atoms with van der Waals surface area (Å²) >= 11 is 0. The van der Waals surface area contributed by atoms with Gasteiger partial charge in [-0.25, -0.2) is 4.98 Å². The fourth-order valence-electron chi connectivity index (χ4n) is 4.95. The zero-order valence-electron chi connectivity index (χ0n) is 18.7. The number of rotatable bonds is 8. The Morgan fingerprint density at radius 2 is 2.00 bits per heavy atom. The van der Waals surface area contributed by atoms with Gasteiger partial charge in [0, 0.05) is 25.7 Å². The molecule has 6 nitrogen and oxygen atoms in total. The maximum atomic E-state index is 11.4. The first-order valence-electron chi connectivity index (χ1n) is 11.6. The van der Waals surface area contributed by atoms with Gasteiger partial charge in [0.1, 0.15) is 12.1 Å². The van der Waals surface area contributed by atoms with Gasteiger partial charge in [0.05, 0.1) is 29.3 Å². The summed E-state index contributed by atoms with van der Waals surface area (Å²) in [5, 5.41) is 0. The molecule has 0 spiro atoms. The van der Waals surface area contributed by atoms with E-state index in [1.807, 2.05) is 30.5 Å². The van der Waals surface area contributed by atoms with E-state index in [1.165, 1.54) is 5.56 Å². The van der Waals surface area contributed by atoms with Crippen LogP contribution in [0.1, 0.15) is 52.7 Å². The third kappa shape index (κ3) is 4.58. The zero-order chi connectivity index (χ0) is 22.6. The molecule has 1 unspecified atom stereocenters. The summed E-state index contributed by atoms with van der Waals surface area (Å²) in [6.45, 7) is 1.86. The molecular weight excluding hydrogens is 410 g/mol. The second kappa shape index (κ2) is 9.65. The van der Waals surface area contributed by atoms with Gasteiger partial charge in [0.2, 0.25) is 0 Å². The summed E-state index contributed by atoms with van der Waals surface area (Å²) < 4.78 is 0. The van der Waals surface area contributed by atoms with Crippen LogP contribution in [0, 0.1) is 0 Å². The maximum Gasteiger partial charge on any atom is 0.124 e. The number of nitrogens with two attached hydrogens (primary N) is 1. The number of hydrogen-bond acceptors (Lipinski definition) is 5. The number of aldehydes is 1. The number of carbonyl (C=O) groups is 1. The van der Waals surface area contributed by atoms with E-state index < -0.39 is 0 Å². The average molecular weight is 440 g/mol. The Labute approximate surface area is 193 Å². The number of pyridine rings is 1. The van der Waals surface area contributed by atoms with Crippen molar-refractivity contribution in [3.05, 3.63) is 94.6 Å². The molecule has 2 aromatic heterocycles. The molecule has 0 saturated carbocycles. The number of aromatic amines is 1. The lowest BCUT2D eigenvalue weighted by atomic mass is 9.90. The van der Waals surface area contributed by atoms with Gasteiger partial charge in [-0.15, -0.1) is 0 Å². The number of imidazole rings is 1. The summed E-state index contributed by atoms with van der Waals surface area (Å²) in [7, 11) is 0. The minimum absolute atomic E-state index is 0.196. The summed E-state index contributed by atoms with van der Waals surface area (Å²) in [6.07, 6.45) is 6.51. The average Bonchev–Trinajstić information content (AvgIpc) is 3.27. The van der Waals surface area contributed by atoms with Crippen molar-refractivity contribution in [2.45, 2.75) is 51.4 Å². The molecule has 168 valence electrons. The van der Waals surface area contributed by atoms with Crippen LogP contribution in [0.25, 0.3) is 11.0 Å². The molecule has 0 saturated heterocycles. The Morgan fingerprint density at radius 3 is 2.85 bits per heavy atom. The number of aryl methyl sites for hydroxylation is 1. The first-order valence-corrected chi connectivity index (χ1v) is 11.6. The number of hydrogen-bond donors (Lipinski definition) is 2. The number of fused-ring (bicyclic) bond motifs is 2. The highest BCUT2D eigenvalue weighted by Gasteiger charge is 2.28. The Morgan fingerprint density at radius 1 is 1.09 bits per heavy atom. The molecule has 0 radical (unpaired) electrons. The molecule has 1 aliphatic carbocycles. The van der Waals surface area contributed by atoms with E-state index in [4.69, 9.17) is 15.7 Å². The number of aromatic nitrogens is 3. The highest BCUT2D eigenvalue weighted by molar-refractivity contribution is 5.74. The van der Waals surface area contributed by atoms with E-state index in [0.29, 0.717) is 26.1 Å². The summed E-state index contributed by atoms with van der Waals surface area (Å²) in [5.74, 6) is 0.940.